The summed E-state index contributed by atoms with van der Waals surface area (Å²) in [5.74, 6) is 1.68. The molecule has 1 unspecified atom stereocenters. The van der Waals surface area contributed by atoms with Gasteiger partial charge in [-0.15, -0.1) is 0 Å². The Hall–Kier alpha value is -0.740. The minimum atomic E-state index is -0.0401. The zero-order valence-corrected chi connectivity index (χ0v) is 9.50. The number of ether oxygens (including phenoxy) is 2. The van der Waals surface area contributed by atoms with Crippen LogP contribution in [0.5, 0.6) is 11.5 Å². The number of hydrogen-bond donors (Lipinski definition) is 1. The summed E-state index contributed by atoms with van der Waals surface area (Å²) in [6.45, 7) is 3.16. The van der Waals surface area contributed by atoms with Crippen molar-refractivity contribution in [3.05, 3.63) is 22.2 Å². The van der Waals surface area contributed by atoms with E-state index in [0.717, 1.165) is 21.5 Å². The van der Waals surface area contributed by atoms with Crippen molar-refractivity contribution < 1.29 is 9.47 Å². The van der Waals surface area contributed by atoms with E-state index in [2.05, 4.69) is 15.9 Å². The summed E-state index contributed by atoms with van der Waals surface area (Å²) in [4.78, 5) is 0. The fourth-order valence-corrected chi connectivity index (χ4v) is 2.10. The second kappa shape index (κ2) is 3.79. The first-order valence-corrected chi connectivity index (χ1v) is 5.36. The number of rotatable bonds is 2. The van der Waals surface area contributed by atoms with Crippen LogP contribution in [0.25, 0.3) is 0 Å². The molecule has 0 saturated carbocycles. The Kier molecular flexibility index (Phi) is 2.65. The predicted octanol–water partition coefficient (Wildman–Crippen LogP) is 2.24. The van der Waals surface area contributed by atoms with Crippen LogP contribution in [0.2, 0.25) is 0 Å². The van der Waals surface area contributed by atoms with Crippen molar-refractivity contribution in [1.82, 2.24) is 0 Å². The van der Waals surface area contributed by atoms with Crippen molar-refractivity contribution in [3.63, 3.8) is 0 Å². The van der Waals surface area contributed by atoms with Crippen molar-refractivity contribution in [2.75, 3.05) is 13.2 Å². The molecule has 76 valence electrons. The van der Waals surface area contributed by atoms with Crippen LogP contribution >= 0.6 is 15.9 Å². The van der Waals surface area contributed by atoms with E-state index in [4.69, 9.17) is 15.2 Å². The number of halogens is 1. The van der Waals surface area contributed by atoms with E-state index < -0.39 is 0 Å². The van der Waals surface area contributed by atoms with Gasteiger partial charge in [-0.05, 0) is 35.0 Å². The molecule has 4 heteroatoms. The van der Waals surface area contributed by atoms with Gasteiger partial charge in [0.25, 0.3) is 0 Å². The van der Waals surface area contributed by atoms with E-state index >= 15 is 0 Å². The predicted molar refractivity (Wildman–Crippen MR) is 57.7 cm³/mol. The van der Waals surface area contributed by atoms with E-state index in [1.807, 2.05) is 19.1 Å². The van der Waals surface area contributed by atoms with Crippen molar-refractivity contribution in [2.24, 2.45) is 5.73 Å². The Labute approximate surface area is 91.3 Å². The van der Waals surface area contributed by atoms with Gasteiger partial charge in [0.2, 0.25) is 0 Å². The quantitative estimate of drug-likeness (QED) is 0.884. The molecular weight excluding hydrogens is 246 g/mol. The molecule has 1 aromatic rings. The Morgan fingerprint density at radius 3 is 3.14 bits per heavy atom. The van der Waals surface area contributed by atoms with Gasteiger partial charge in [0.1, 0.15) is 18.1 Å². The lowest BCUT2D eigenvalue weighted by Crippen LogP contribution is -2.10. The van der Waals surface area contributed by atoms with Gasteiger partial charge >= 0.3 is 0 Å². The molecule has 1 atom stereocenters. The molecule has 0 aliphatic carbocycles. The Morgan fingerprint density at radius 1 is 1.64 bits per heavy atom. The van der Waals surface area contributed by atoms with Gasteiger partial charge in [0.15, 0.2) is 0 Å². The molecule has 1 aliphatic heterocycles. The third kappa shape index (κ3) is 1.60. The van der Waals surface area contributed by atoms with Crippen LogP contribution in [-0.2, 0) is 0 Å². The first-order valence-electron chi connectivity index (χ1n) is 4.57. The largest absolute Gasteiger partial charge is 0.494 e. The van der Waals surface area contributed by atoms with Gasteiger partial charge in [-0.3, -0.25) is 0 Å². The zero-order valence-electron chi connectivity index (χ0n) is 7.92. The highest BCUT2D eigenvalue weighted by Crippen LogP contribution is 2.40. The van der Waals surface area contributed by atoms with Crippen molar-refractivity contribution in [2.45, 2.75) is 13.0 Å². The maximum atomic E-state index is 5.88. The van der Waals surface area contributed by atoms with Gasteiger partial charge in [0.05, 0.1) is 17.1 Å². The van der Waals surface area contributed by atoms with Crippen molar-refractivity contribution >= 4 is 15.9 Å². The maximum Gasteiger partial charge on any atom is 0.138 e. The fourth-order valence-electron chi connectivity index (χ4n) is 1.53. The molecule has 0 aromatic heterocycles. The van der Waals surface area contributed by atoms with Crippen LogP contribution in [0, 0.1) is 0 Å². The van der Waals surface area contributed by atoms with Gasteiger partial charge in [-0.1, -0.05) is 0 Å². The molecule has 0 fully saturated rings. The Balaban J connectivity index is 2.42. The highest BCUT2D eigenvalue weighted by molar-refractivity contribution is 9.10. The van der Waals surface area contributed by atoms with E-state index in [0.29, 0.717) is 13.2 Å². The van der Waals surface area contributed by atoms with E-state index in [1.165, 1.54) is 0 Å². The molecule has 0 bridgehead atoms. The standard InChI is InChI=1S/C10H12BrNO2/c1-2-13-6-3-7-9(12)5-14-10(7)8(11)4-6/h3-4,9H,2,5,12H2,1H3. The summed E-state index contributed by atoms with van der Waals surface area (Å²) in [7, 11) is 0. The first-order chi connectivity index (χ1) is 6.72. The molecule has 1 aromatic carbocycles. The molecule has 0 amide bonds. The summed E-state index contributed by atoms with van der Waals surface area (Å²) >= 11 is 3.44. The molecule has 1 heterocycles. The lowest BCUT2D eigenvalue weighted by atomic mass is 10.1. The average molecular weight is 258 g/mol. The van der Waals surface area contributed by atoms with Crippen LogP contribution in [0.1, 0.15) is 18.5 Å². The van der Waals surface area contributed by atoms with E-state index in [-0.39, 0.29) is 6.04 Å². The number of nitrogens with two attached hydrogens (primary N) is 1. The Morgan fingerprint density at radius 2 is 2.43 bits per heavy atom. The molecular formula is C10H12BrNO2. The molecule has 0 saturated heterocycles. The zero-order chi connectivity index (χ0) is 10.1. The highest BCUT2D eigenvalue weighted by Gasteiger charge is 2.23. The van der Waals surface area contributed by atoms with Gasteiger partial charge in [-0.2, -0.15) is 0 Å². The van der Waals surface area contributed by atoms with Gasteiger partial charge < -0.3 is 15.2 Å². The highest BCUT2D eigenvalue weighted by atomic mass is 79.9. The van der Waals surface area contributed by atoms with Crippen molar-refractivity contribution in [3.8, 4) is 11.5 Å². The van der Waals surface area contributed by atoms with E-state index in [9.17, 15) is 0 Å². The third-order valence-electron chi connectivity index (χ3n) is 2.16. The minimum Gasteiger partial charge on any atom is -0.494 e. The Bertz CT molecular complexity index is 354. The summed E-state index contributed by atoms with van der Waals surface area (Å²) in [6.07, 6.45) is 0. The van der Waals surface area contributed by atoms with Crippen molar-refractivity contribution in [1.29, 1.82) is 0 Å². The average Bonchev–Trinajstić information content (AvgIpc) is 2.49. The monoisotopic (exact) mass is 257 g/mol. The lowest BCUT2D eigenvalue weighted by Gasteiger charge is -2.08. The topological polar surface area (TPSA) is 44.5 Å². The fraction of sp³-hybridized carbons (Fsp3) is 0.400. The number of hydrogen-bond acceptors (Lipinski definition) is 3. The molecule has 1 aliphatic rings. The number of benzene rings is 1. The number of fused-ring (bicyclic) bond motifs is 1. The molecule has 3 nitrogen and oxygen atoms in total. The van der Waals surface area contributed by atoms with Crippen LogP contribution in [-0.4, -0.2) is 13.2 Å². The normalized spacial score (nSPS) is 18.9. The van der Waals surface area contributed by atoms with Crippen LogP contribution in [0.3, 0.4) is 0 Å². The maximum absolute atomic E-state index is 5.88. The van der Waals surface area contributed by atoms with Crippen LogP contribution in [0.4, 0.5) is 0 Å². The summed E-state index contributed by atoms with van der Waals surface area (Å²) in [5, 5.41) is 0. The first kappa shape index (κ1) is 9.80. The molecule has 2 rings (SSSR count). The summed E-state index contributed by atoms with van der Waals surface area (Å²) in [6, 6.07) is 3.81. The third-order valence-corrected chi connectivity index (χ3v) is 2.75. The van der Waals surface area contributed by atoms with E-state index in [1.54, 1.807) is 0 Å². The summed E-state index contributed by atoms with van der Waals surface area (Å²) in [5.41, 5.74) is 6.90. The smallest absolute Gasteiger partial charge is 0.138 e. The molecule has 0 spiro atoms. The van der Waals surface area contributed by atoms with Crippen LogP contribution in [0.15, 0.2) is 16.6 Å². The lowest BCUT2D eigenvalue weighted by molar-refractivity contribution is 0.330. The molecule has 2 N–H and O–H groups in total. The van der Waals surface area contributed by atoms with Gasteiger partial charge in [-0.25, -0.2) is 0 Å². The summed E-state index contributed by atoms with van der Waals surface area (Å²) < 4.78 is 11.8. The van der Waals surface area contributed by atoms with Crippen LogP contribution < -0.4 is 15.2 Å². The molecule has 14 heavy (non-hydrogen) atoms. The molecule has 0 radical (unpaired) electrons. The second-order valence-corrected chi connectivity index (χ2v) is 4.03. The van der Waals surface area contributed by atoms with Gasteiger partial charge in [0, 0.05) is 5.56 Å². The SMILES string of the molecule is CCOc1cc(Br)c2c(c1)C(N)CO2. The second-order valence-electron chi connectivity index (χ2n) is 3.17. The minimum absolute atomic E-state index is 0.0401.